The number of nitrogens with zero attached hydrogens (tertiary/aromatic N) is 2. The number of para-hydroxylation sites is 1. The average molecular weight is 527 g/mol. The van der Waals surface area contributed by atoms with Crippen molar-refractivity contribution in [2.75, 3.05) is 26.7 Å². The van der Waals surface area contributed by atoms with Gasteiger partial charge in [-0.15, -0.1) is 24.0 Å². The minimum atomic E-state index is 0. The van der Waals surface area contributed by atoms with Crippen LogP contribution in [0.2, 0.25) is 0 Å². The molecule has 5 nitrogen and oxygen atoms in total. The normalized spacial score (nSPS) is 26.1. The number of aliphatic imine (C=N–C) groups is 1. The molecule has 2 atom stereocenters. The van der Waals surface area contributed by atoms with Crippen molar-refractivity contribution in [1.82, 2.24) is 15.5 Å². The summed E-state index contributed by atoms with van der Waals surface area (Å²) in [4.78, 5) is 7.15. The van der Waals surface area contributed by atoms with Gasteiger partial charge in [0.25, 0.3) is 0 Å². The summed E-state index contributed by atoms with van der Waals surface area (Å²) in [6.45, 7) is 8.02. The van der Waals surface area contributed by atoms with E-state index in [-0.39, 0.29) is 35.6 Å². The zero-order chi connectivity index (χ0) is 20.3. The molecular formula is C24H39IN4O. The first kappa shape index (κ1) is 23.6. The lowest BCUT2D eigenvalue weighted by molar-refractivity contribution is 0.0395. The van der Waals surface area contributed by atoms with Crippen LogP contribution in [0.25, 0.3) is 0 Å². The van der Waals surface area contributed by atoms with Crippen molar-refractivity contribution in [3.8, 4) is 5.75 Å². The van der Waals surface area contributed by atoms with E-state index in [9.17, 15) is 0 Å². The van der Waals surface area contributed by atoms with Crippen LogP contribution in [-0.4, -0.2) is 49.2 Å². The van der Waals surface area contributed by atoms with Gasteiger partial charge < -0.3 is 20.3 Å². The molecule has 1 aromatic rings. The highest BCUT2D eigenvalue weighted by Gasteiger charge is 2.43. The lowest BCUT2D eigenvalue weighted by Crippen LogP contribution is -2.49. The predicted molar refractivity (Wildman–Crippen MR) is 135 cm³/mol. The summed E-state index contributed by atoms with van der Waals surface area (Å²) in [5, 5.41) is 7.36. The first-order chi connectivity index (χ1) is 14.1. The number of likely N-dealkylation sites (tertiary alicyclic amines) is 1. The highest BCUT2D eigenvalue weighted by atomic mass is 127. The Morgan fingerprint density at radius 2 is 2.00 bits per heavy atom. The highest BCUT2D eigenvalue weighted by molar-refractivity contribution is 14.0. The maximum absolute atomic E-state index is 6.51. The molecular weight excluding hydrogens is 487 g/mol. The van der Waals surface area contributed by atoms with Crippen LogP contribution in [0, 0.1) is 5.92 Å². The van der Waals surface area contributed by atoms with Gasteiger partial charge in [0.2, 0.25) is 0 Å². The van der Waals surface area contributed by atoms with E-state index in [1.807, 2.05) is 7.05 Å². The number of fused-ring (bicyclic) bond motifs is 1. The molecule has 0 aromatic heterocycles. The maximum Gasteiger partial charge on any atom is 0.191 e. The quantitative estimate of drug-likeness (QED) is 0.339. The molecule has 4 rings (SSSR count). The molecule has 1 spiro atoms. The van der Waals surface area contributed by atoms with E-state index >= 15 is 0 Å². The summed E-state index contributed by atoms with van der Waals surface area (Å²) in [6, 6.07) is 9.41. The highest BCUT2D eigenvalue weighted by Crippen LogP contribution is 2.46. The molecule has 0 radical (unpaired) electrons. The van der Waals surface area contributed by atoms with Gasteiger partial charge in [-0.2, -0.15) is 0 Å². The van der Waals surface area contributed by atoms with Crippen molar-refractivity contribution < 1.29 is 4.74 Å². The largest absolute Gasteiger partial charge is 0.487 e. The first-order valence-electron chi connectivity index (χ1n) is 11.6. The van der Waals surface area contributed by atoms with Crippen molar-refractivity contribution in [2.24, 2.45) is 10.9 Å². The molecule has 1 aromatic carbocycles. The van der Waals surface area contributed by atoms with Gasteiger partial charge in [0.1, 0.15) is 11.4 Å². The van der Waals surface area contributed by atoms with E-state index in [0.29, 0.717) is 12.0 Å². The van der Waals surface area contributed by atoms with Gasteiger partial charge in [0.05, 0.1) is 6.04 Å². The van der Waals surface area contributed by atoms with E-state index in [1.54, 1.807) is 0 Å². The second-order valence-corrected chi connectivity index (χ2v) is 9.48. The zero-order valence-corrected chi connectivity index (χ0v) is 21.2. The summed E-state index contributed by atoms with van der Waals surface area (Å²) < 4.78 is 6.51. The van der Waals surface area contributed by atoms with Crippen LogP contribution >= 0.6 is 24.0 Å². The molecule has 2 N–H and O–H groups in total. The average Bonchev–Trinajstić information content (AvgIpc) is 3.18. The molecule has 0 bridgehead atoms. The molecule has 30 heavy (non-hydrogen) atoms. The van der Waals surface area contributed by atoms with Crippen molar-refractivity contribution in [3.63, 3.8) is 0 Å². The Bertz CT molecular complexity index is 717. The lowest BCUT2D eigenvalue weighted by atomic mass is 9.86. The first-order valence-corrected chi connectivity index (χ1v) is 11.6. The van der Waals surface area contributed by atoms with Crippen LogP contribution in [0.3, 0.4) is 0 Å². The Morgan fingerprint density at radius 3 is 2.73 bits per heavy atom. The molecule has 0 amide bonds. The fraction of sp³-hybridized carbons (Fsp3) is 0.708. The molecule has 2 aliphatic heterocycles. The number of piperidine rings is 1. The molecule has 1 aliphatic carbocycles. The summed E-state index contributed by atoms with van der Waals surface area (Å²) in [6.07, 6.45) is 8.50. The van der Waals surface area contributed by atoms with Crippen LogP contribution in [0.5, 0.6) is 5.75 Å². The zero-order valence-electron chi connectivity index (χ0n) is 18.8. The molecule has 1 saturated heterocycles. The van der Waals surface area contributed by atoms with E-state index in [2.05, 4.69) is 58.6 Å². The Morgan fingerprint density at radius 1 is 1.23 bits per heavy atom. The number of nitrogens with one attached hydrogen (secondary N) is 2. The number of hydrogen-bond acceptors (Lipinski definition) is 3. The van der Waals surface area contributed by atoms with Gasteiger partial charge in [-0.3, -0.25) is 4.99 Å². The smallest absolute Gasteiger partial charge is 0.191 e. The standard InChI is InChI=1S/C24H38N4O.HI/c1-18(2)28-14-8-9-19(17-28)16-26-23(25-3)27-21-15-24(12-6-7-13-24)29-22-11-5-4-10-20(21)22;/h4-5,10-11,18-19,21H,6-9,12-17H2,1-3H3,(H2,25,26,27);1H. The van der Waals surface area contributed by atoms with E-state index < -0.39 is 0 Å². The Balaban J connectivity index is 0.00000256. The van der Waals surface area contributed by atoms with E-state index in [1.165, 1.54) is 57.2 Å². The molecule has 2 fully saturated rings. The van der Waals surface area contributed by atoms with Crippen LogP contribution in [0.15, 0.2) is 29.3 Å². The van der Waals surface area contributed by atoms with Crippen molar-refractivity contribution in [1.29, 1.82) is 0 Å². The minimum Gasteiger partial charge on any atom is -0.487 e. The summed E-state index contributed by atoms with van der Waals surface area (Å²) in [7, 11) is 1.88. The number of rotatable bonds is 4. The number of hydrogen-bond donors (Lipinski definition) is 2. The second-order valence-electron chi connectivity index (χ2n) is 9.48. The van der Waals surface area contributed by atoms with Crippen molar-refractivity contribution in [2.45, 2.75) is 76.5 Å². The van der Waals surface area contributed by atoms with E-state index in [4.69, 9.17) is 4.74 Å². The molecule has 168 valence electrons. The monoisotopic (exact) mass is 526 g/mol. The topological polar surface area (TPSA) is 48.9 Å². The molecule has 2 heterocycles. The third-order valence-electron chi connectivity index (χ3n) is 7.09. The number of benzene rings is 1. The molecule has 6 heteroatoms. The summed E-state index contributed by atoms with van der Waals surface area (Å²) >= 11 is 0. The van der Waals surface area contributed by atoms with Crippen LogP contribution in [-0.2, 0) is 0 Å². The van der Waals surface area contributed by atoms with Gasteiger partial charge in [0.15, 0.2) is 5.96 Å². The van der Waals surface area contributed by atoms with Gasteiger partial charge in [0, 0.05) is 38.2 Å². The minimum absolute atomic E-state index is 0. The fourth-order valence-corrected chi connectivity index (χ4v) is 5.41. The maximum atomic E-state index is 6.51. The summed E-state index contributed by atoms with van der Waals surface area (Å²) in [5.74, 6) is 2.66. The summed E-state index contributed by atoms with van der Waals surface area (Å²) in [5.41, 5.74) is 1.27. The Labute approximate surface area is 199 Å². The Kier molecular flexibility index (Phi) is 8.30. The van der Waals surface area contributed by atoms with Gasteiger partial charge >= 0.3 is 0 Å². The van der Waals surface area contributed by atoms with E-state index in [0.717, 1.165) is 24.7 Å². The fourth-order valence-electron chi connectivity index (χ4n) is 5.41. The third kappa shape index (κ3) is 5.42. The van der Waals surface area contributed by atoms with Crippen LogP contribution in [0.4, 0.5) is 0 Å². The van der Waals surface area contributed by atoms with Gasteiger partial charge in [-0.25, -0.2) is 0 Å². The SMILES string of the molecule is CN=C(NCC1CCCN(C(C)C)C1)NC1CC2(CCCC2)Oc2ccccc21.I. The number of guanidine groups is 1. The second kappa shape index (κ2) is 10.5. The number of ether oxygens (including phenoxy) is 1. The Hall–Kier alpha value is -1.02. The van der Waals surface area contributed by atoms with Gasteiger partial charge in [-0.05, 0) is 70.9 Å². The van der Waals surface area contributed by atoms with Crippen LogP contribution in [0.1, 0.15) is 70.4 Å². The molecule has 3 aliphatic rings. The molecule has 1 saturated carbocycles. The van der Waals surface area contributed by atoms with Crippen LogP contribution < -0.4 is 15.4 Å². The van der Waals surface area contributed by atoms with Crippen molar-refractivity contribution >= 4 is 29.9 Å². The van der Waals surface area contributed by atoms with Gasteiger partial charge in [-0.1, -0.05) is 18.2 Å². The molecule has 2 unspecified atom stereocenters. The van der Waals surface area contributed by atoms with Crippen molar-refractivity contribution in [3.05, 3.63) is 29.8 Å². The predicted octanol–water partition coefficient (Wildman–Crippen LogP) is 4.73. The number of halogens is 1. The third-order valence-corrected chi connectivity index (χ3v) is 7.09. The lowest BCUT2D eigenvalue weighted by Gasteiger charge is -2.41.